The van der Waals surface area contributed by atoms with Gasteiger partial charge in [0.1, 0.15) is 5.75 Å². The molecule has 0 bridgehead atoms. The number of para-hydroxylation sites is 1. The smallest absolute Gasteiger partial charge is 0.233 e. The van der Waals surface area contributed by atoms with Crippen molar-refractivity contribution in [2.75, 3.05) is 32.1 Å². The van der Waals surface area contributed by atoms with Crippen molar-refractivity contribution in [1.29, 1.82) is 0 Å². The number of carbonyl (C=O) groups excluding carboxylic acids is 1. The molecule has 4 rings (SSSR count). The minimum absolute atomic E-state index is 0.0504. The van der Waals surface area contributed by atoms with Crippen molar-refractivity contribution < 1.29 is 9.53 Å². The van der Waals surface area contributed by atoms with Crippen LogP contribution in [-0.4, -0.2) is 37.6 Å². The molecule has 1 N–H and O–H groups in total. The monoisotopic (exact) mass is 384 g/mol. The van der Waals surface area contributed by atoms with Crippen LogP contribution < -0.4 is 10.1 Å². The lowest BCUT2D eigenvalue weighted by Crippen LogP contribution is -2.38. The Bertz CT molecular complexity index is 831. The molecule has 4 nitrogen and oxygen atoms in total. The van der Waals surface area contributed by atoms with Crippen LogP contribution in [0.4, 0.5) is 5.69 Å². The van der Waals surface area contributed by atoms with Gasteiger partial charge in [-0.2, -0.15) is 0 Å². The second-order valence-electron chi connectivity index (χ2n) is 7.53. The second kappa shape index (κ2) is 7.91. The molecule has 1 fully saturated rings. The highest BCUT2D eigenvalue weighted by atomic mass is 35.5. The number of fused-ring (bicyclic) bond motifs is 1. The summed E-state index contributed by atoms with van der Waals surface area (Å²) in [6.07, 6.45) is 3.24. The van der Waals surface area contributed by atoms with E-state index in [9.17, 15) is 4.79 Å². The summed E-state index contributed by atoms with van der Waals surface area (Å²) in [5, 5.41) is 3.82. The van der Waals surface area contributed by atoms with Gasteiger partial charge in [0.2, 0.25) is 5.91 Å². The zero-order chi connectivity index (χ0) is 18.8. The maximum atomic E-state index is 12.3. The van der Waals surface area contributed by atoms with E-state index >= 15 is 0 Å². The van der Waals surface area contributed by atoms with E-state index in [-0.39, 0.29) is 11.8 Å². The number of hydrogen-bond donors (Lipinski definition) is 1. The fourth-order valence-corrected chi connectivity index (χ4v) is 4.43. The zero-order valence-corrected chi connectivity index (χ0v) is 16.3. The first-order chi connectivity index (χ1) is 13.1. The van der Waals surface area contributed by atoms with Crippen LogP contribution in [0.25, 0.3) is 0 Å². The van der Waals surface area contributed by atoms with Crippen LogP contribution in [-0.2, 0) is 11.2 Å². The average molecular weight is 385 g/mol. The number of rotatable bonds is 5. The highest BCUT2D eigenvalue weighted by molar-refractivity contribution is 6.31. The second-order valence-corrected chi connectivity index (χ2v) is 7.94. The number of hydrogen-bond acceptors (Lipinski definition) is 3. The first-order valence-electron chi connectivity index (χ1n) is 9.58. The van der Waals surface area contributed by atoms with Crippen molar-refractivity contribution in [3.63, 3.8) is 0 Å². The van der Waals surface area contributed by atoms with Crippen molar-refractivity contribution >= 4 is 23.2 Å². The maximum absolute atomic E-state index is 12.3. The summed E-state index contributed by atoms with van der Waals surface area (Å²) in [5.74, 6) is 1.56. The van der Waals surface area contributed by atoms with E-state index in [1.54, 1.807) is 7.11 Å². The van der Waals surface area contributed by atoms with Crippen molar-refractivity contribution in [1.82, 2.24) is 4.90 Å². The summed E-state index contributed by atoms with van der Waals surface area (Å²) >= 11 is 6.37. The number of anilines is 1. The van der Waals surface area contributed by atoms with Crippen molar-refractivity contribution in [3.05, 3.63) is 58.6 Å². The van der Waals surface area contributed by atoms with E-state index < -0.39 is 0 Å². The molecule has 1 amide bonds. The molecule has 1 atom stereocenters. The summed E-state index contributed by atoms with van der Waals surface area (Å²) in [5.41, 5.74) is 3.27. The van der Waals surface area contributed by atoms with E-state index in [0.717, 1.165) is 60.9 Å². The largest absolute Gasteiger partial charge is 0.497 e. The quantitative estimate of drug-likeness (QED) is 0.833. The third kappa shape index (κ3) is 3.97. The molecule has 0 aromatic heterocycles. The van der Waals surface area contributed by atoms with Crippen LogP contribution in [0.3, 0.4) is 0 Å². The minimum atomic E-state index is -0.0504. The SMILES string of the molecule is COc1ccc(Cl)c(CC2CCN(CC3C(=O)Nc4ccccc43)CC2)c1. The van der Waals surface area contributed by atoms with Crippen molar-refractivity contribution in [2.24, 2.45) is 5.92 Å². The number of methoxy groups -OCH3 is 1. The first kappa shape index (κ1) is 18.3. The van der Waals surface area contributed by atoms with Gasteiger partial charge >= 0.3 is 0 Å². The number of piperidine rings is 1. The van der Waals surface area contributed by atoms with Gasteiger partial charge in [-0.15, -0.1) is 0 Å². The highest BCUT2D eigenvalue weighted by Crippen LogP contribution is 2.34. The molecule has 2 heterocycles. The molecule has 0 aliphatic carbocycles. The lowest BCUT2D eigenvalue weighted by Gasteiger charge is -2.33. The number of halogens is 1. The Kier molecular flexibility index (Phi) is 5.37. The normalized spacial score (nSPS) is 20.4. The number of benzene rings is 2. The Morgan fingerprint density at radius 1 is 1.19 bits per heavy atom. The first-order valence-corrected chi connectivity index (χ1v) is 9.96. The molecule has 1 saturated heterocycles. The van der Waals surface area contributed by atoms with Gasteiger partial charge in [0.25, 0.3) is 0 Å². The zero-order valence-electron chi connectivity index (χ0n) is 15.6. The van der Waals surface area contributed by atoms with Gasteiger partial charge in [0, 0.05) is 17.3 Å². The van der Waals surface area contributed by atoms with Gasteiger partial charge in [-0.25, -0.2) is 0 Å². The topological polar surface area (TPSA) is 41.6 Å². The maximum Gasteiger partial charge on any atom is 0.233 e. The van der Waals surface area contributed by atoms with Gasteiger partial charge in [0.05, 0.1) is 13.0 Å². The molecule has 2 aromatic rings. The van der Waals surface area contributed by atoms with E-state index in [1.807, 2.05) is 30.3 Å². The molecule has 0 spiro atoms. The van der Waals surface area contributed by atoms with Crippen molar-refractivity contribution in [3.8, 4) is 5.75 Å². The fourth-order valence-electron chi connectivity index (χ4n) is 4.23. The van der Waals surface area contributed by atoms with Crippen LogP contribution in [0.5, 0.6) is 5.75 Å². The predicted octanol–water partition coefficient (Wildman–Crippen LogP) is 4.34. The summed E-state index contributed by atoms with van der Waals surface area (Å²) in [6, 6.07) is 13.9. The molecule has 27 heavy (non-hydrogen) atoms. The molecule has 0 saturated carbocycles. The summed E-state index contributed by atoms with van der Waals surface area (Å²) in [4.78, 5) is 14.8. The van der Waals surface area contributed by atoms with Gasteiger partial charge in [-0.05, 0) is 73.7 Å². The van der Waals surface area contributed by atoms with E-state index in [0.29, 0.717) is 5.92 Å². The molecular weight excluding hydrogens is 360 g/mol. The standard InChI is InChI=1S/C22H25ClN2O2/c1-27-17-6-7-20(23)16(13-17)12-15-8-10-25(11-9-15)14-19-18-4-2-3-5-21(18)24-22(19)26/h2-7,13,15,19H,8-12,14H2,1H3,(H,24,26). The van der Waals surface area contributed by atoms with E-state index in [4.69, 9.17) is 16.3 Å². The molecule has 142 valence electrons. The highest BCUT2D eigenvalue weighted by Gasteiger charge is 2.32. The fraction of sp³-hybridized carbons (Fsp3) is 0.409. The van der Waals surface area contributed by atoms with Crippen LogP contribution >= 0.6 is 11.6 Å². The molecule has 2 aliphatic heterocycles. The number of carbonyl (C=O) groups is 1. The van der Waals surface area contributed by atoms with Crippen LogP contribution in [0.15, 0.2) is 42.5 Å². The minimum Gasteiger partial charge on any atom is -0.497 e. The van der Waals surface area contributed by atoms with Gasteiger partial charge in [-0.1, -0.05) is 29.8 Å². The Morgan fingerprint density at radius 3 is 2.74 bits per heavy atom. The number of likely N-dealkylation sites (tertiary alicyclic amines) is 1. The predicted molar refractivity (Wildman–Crippen MR) is 109 cm³/mol. The number of nitrogens with zero attached hydrogens (tertiary/aromatic N) is 1. The Labute approximate surface area is 165 Å². The summed E-state index contributed by atoms with van der Waals surface area (Å²) in [7, 11) is 1.68. The van der Waals surface area contributed by atoms with Gasteiger partial charge < -0.3 is 15.0 Å². The number of nitrogens with one attached hydrogen (secondary N) is 1. The third-order valence-electron chi connectivity index (χ3n) is 5.82. The molecule has 1 unspecified atom stereocenters. The summed E-state index contributed by atoms with van der Waals surface area (Å²) < 4.78 is 5.32. The van der Waals surface area contributed by atoms with E-state index in [2.05, 4.69) is 22.3 Å². The van der Waals surface area contributed by atoms with E-state index in [1.165, 1.54) is 5.56 Å². The Morgan fingerprint density at radius 2 is 1.96 bits per heavy atom. The lowest BCUT2D eigenvalue weighted by molar-refractivity contribution is -0.117. The molecule has 2 aliphatic rings. The third-order valence-corrected chi connectivity index (χ3v) is 6.19. The number of ether oxygens (including phenoxy) is 1. The molecule has 2 aromatic carbocycles. The van der Waals surface area contributed by atoms with Gasteiger partial charge in [-0.3, -0.25) is 4.79 Å². The van der Waals surface area contributed by atoms with Crippen LogP contribution in [0, 0.1) is 5.92 Å². The Hall–Kier alpha value is -2.04. The van der Waals surface area contributed by atoms with Crippen LogP contribution in [0.1, 0.15) is 29.9 Å². The van der Waals surface area contributed by atoms with Crippen molar-refractivity contribution in [2.45, 2.75) is 25.2 Å². The lowest BCUT2D eigenvalue weighted by atomic mass is 9.89. The summed E-state index contributed by atoms with van der Waals surface area (Å²) in [6.45, 7) is 2.85. The number of amides is 1. The molecule has 0 radical (unpaired) electrons. The average Bonchev–Trinajstić information content (AvgIpc) is 3.00. The van der Waals surface area contributed by atoms with Gasteiger partial charge in [0.15, 0.2) is 0 Å². The van der Waals surface area contributed by atoms with Crippen LogP contribution in [0.2, 0.25) is 5.02 Å². The molecular formula is C22H25ClN2O2. The Balaban J connectivity index is 1.34. The molecule has 5 heteroatoms.